The van der Waals surface area contributed by atoms with Crippen LogP contribution in [0, 0.1) is 24.7 Å². The first-order chi connectivity index (χ1) is 21.4. The summed E-state index contributed by atoms with van der Waals surface area (Å²) in [7, 11) is 1.72. The SMILES string of the molecule is COc1ccc([C@H]2CC[C@H](CN(c3cccc(-c4cnn(C5CC5)c4)c3)C(=O)[C@H]3CC[C@H](COC(=O)O)CC3)CC2)cc1C. The van der Waals surface area contributed by atoms with Crippen molar-refractivity contribution in [2.45, 2.75) is 83.1 Å². The number of rotatable bonds is 10. The van der Waals surface area contributed by atoms with Gasteiger partial charge in [0, 0.05) is 29.9 Å². The molecule has 0 saturated heterocycles. The monoisotopic (exact) mass is 599 g/mol. The van der Waals surface area contributed by atoms with Crippen molar-refractivity contribution in [3.05, 3.63) is 66.0 Å². The zero-order chi connectivity index (χ0) is 30.6. The molecule has 1 aromatic heterocycles. The molecule has 1 N–H and O–H groups in total. The number of amides is 1. The molecule has 2 aromatic carbocycles. The van der Waals surface area contributed by atoms with Gasteiger partial charge in [0.2, 0.25) is 5.91 Å². The second kappa shape index (κ2) is 13.4. The van der Waals surface area contributed by atoms with Gasteiger partial charge in [-0.05, 0) is 124 Å². The van der Waals surface area contributed by atoms with Gasteiger partial charge in [-0.15, -0.1) is 0 Å². The van der Waals surface area contributed by atoms with Gasteiger partial charge < -0.3 is 19.5 Å². The van der Waals surface area contributed by atoms with Crippen LogP contribution < -0.4 is 9.64 Å². The lowest BCUT2D eigenvalue weighted by atomic mass is 9.77. The summed E-state index contributed by atoms with van der Waals surface area (Å²) in [4.78, 5) is 27.2. The Kier molecular flexibility index (Phi) is 9.24. The number of carboxylic acid groups (broad SMARTS) is 1. The highest BCUT2D eigenvalue weighted by Crippen LogP contribution is 2.40. The Balaban J connectivity index is 1.17. The molecule has 3 aliphatic rings. The number of anilines is 1. The quantitative estimate of drug-likeness (QED) is 0.237. The molecule has 1 amide bonds. The maximum atomic E-state index is 14.3. The van der Waals surface area contributed by atoms with Crippen LogP contribution in [0.4, 0.5) is 10.5 Å². The number of ether oxygens (including phenoxy) is 2. The van der Waals surface area contributed by atoms with Crippen molar-refractivity contribution in [3.63, 3.8) is 0 Å². The van der Waals surface area contributed by atoms with E-state index in [0.717, 1.165) is 80.5 Å². The molecule has 0 aliphatic heterocycles. The third-order valence-electron chi connectivity index (χ3n) is 10.1. The minimum atomic E-state index is -1.23. The van der Waals surface area contributed by atoms with Gasteiger partial charge in [-0.2, -0.15) is 5.10 Å². The van der Waals surface area contributed by atoms with E-state index in [0.29, 0.717) is 17.9 Å². The van der Waals surface area contributed by atoms with Gasteiger partial charge in [0.25, 0.3) is 0 Å². The van der Waals surface area contributed by atoms with E-state index in [2.05, 4.69) is 70.3 Å². The predicted octanol–water partition coefficient (Wildman–Crippen LogP) is 8.01. The van der Waals surface area contributed by atoms with E-state index in [1.54, 1.807) is 7.11 Å². The lowest BCUT2D eigenvalue weighted by Crippen LogP contribution is -2.41. The molecule has 1 heterocycles. The number of nitrogens with zero attached hydrogens (tertiary/aromatic N) is 3. The van der Waals surface area contributed by atoms with E-state index in [-0.39, 0.29) is 24.3 Å². The molecular weight excluding hydrogens is 554 g/mol. The number of aryl methyl sites for hydroxylation is 1. The maximum absolute atomic E-state index is 14.3. The van der Waals surface area contributed by atoms with E-state index in [4.69, 9.17) is 14.6 Å². The fourth-order valence-electron chi connectivity index (χ4n) is 7.28. The van der Waals surface area contributed by atoms with Crippen molar-refractivity contribution in [2.24, 2.45) is 17.8 Å². The molecule has 0 unspecified atom stereocenters. The van der Waals surface area contributed by atoms with Crippen molar-refractivity contribution < 1.29 is 24.2 Å². The molecule has 0 radical (unpaired) electrons. The fourth-order valence-corrected chi connectivity index (χ4v) is 7.28. The van der Waals surface area contributed by atoms with Crippen LogP contribution in [0.2, 0.25) is 0 Å². The summed E-state index contributed by atoms with van der Waals surface area (Å²) < 4.78 is 12.4. The van der Waals surface area contributed by atoms with Crippen LogP contribution in [0.1, 0.15) is 87.3 Å². The highest BCUT2D eigenvalue weighted by atomic mass is 16.7. The average molecular weight is 600 g/mol. The second-order valence-electron chi connectivity index (χ2n) is 13.2. The van der Waals surface area contributed by atoms with Crippen LogP contribution >= 0.6 is 0 Å². The van der Waals surface area contributed by atoms with Gasteiger partial charge in [0.1, 0.15) is 5.75 Å². The molecule has 0 bridgehead atoms. The van der Waals surface area contributed by atoms with Gasteiger partial charge in [-0.25, -0.2) is 4.79 Å². The number of hydrogen-bond donors (Lipinski definition) is 1. The summed E-state index contributed by atoms with van der Waals surface area (Å²) in [5.74, 6) is 2.23. The molecule has 0 spiro atoms. The normalized spacial score (nSPS) is 23.6. The van der Waals surface area contributed by atoms with Crippen LogP contribution in [-0.4, -0.2) is 47.2 Å². The van der Waals surface area contributed by atoms with Crippen LogP contribution in [-0.2, 0) is 9.53 Å². The minimum absolute atomic E-state index is 0.0593. The Morgan fingerprint density at radius 2 is 1.68 bits per heavy atom. The van der Waals surface area contributed by atoms with Crippen LogP contribution in [0.3, 0.4) is 0 Å². The largest absolute Gasteiger partial charge is 0.505 e. The van der Waals surface area contributed by atoms with Gasteiger partial charge in [-0.1, -0.05) is 24.3 Å². The van der Waals surface area contributed by atoms with Gasteiger partial charge in [0.05, 0.1) is 26.0 Å². The van der Waals surface area contributed by atoms with Crippen LogP contribution in [0.25, 0.3) is 11.1 Å². The zero-order valence-electron chi connectivity index (χ0n) is 26.0. The number of carbonyl (C=O) groups is 2. The average Bonchev–Trinajstić information content (AvgIpc) is 3.78. The summed E-state index contributed by atoms with van der Waals surface area (Å²) in [6.07, 6.45) is 12.8. The second-order valence-corrected chi connectivity index (χ2v) is 13.2. The number of carbonyl (C=O) groups excluding carboxylic acids is 1. The molecule has 3 saturated carbocycles. The Bertz CT molecular complexity index is 1450. The summed E-state index contributed by atoms with van der Waals surface area (Å²) in [5, 5.41) is 13.5. The third-order valence-corrected chi connectivity index (χ3v) is 10.1. The van der Waals surface area contributed by atoms with Crippen LogP contribution in [0.15, 0.2) is 54.9 Å². The molecule has 8 nitrogen and oxygen atoms in total. The Labute approximate surface area is 260 Å². The summed E-state index contributed by atoms with van der Waals surface area (Å²) in [5.41, 5.74) is 5.69. The highest BCUT2D eigenvalue weighted by Gasteiger charge is 2.33. The standard InChI is InChI=1S/C36H45N3O5/c1-24-18-30(14-17-34(24)43-2)27-10-6-25(7-11-27)21-38(35(40)28-12-8-26(9-13-28)23-44-36(41)42)33-5-3-4-29(19-33)31-20-37-39(22-31)32-15-16-32/h3-5,14,17-20,22,25-28,32H,6-13,15-16,21,23H2,1-2H3,(H,41,42)/t25-,26-,27-,28-. The maximum Gasteiger partial charge on any atom is 0.505 e. The van der Waals surface area contributed by atoms with Gasteiger partial charge in [-0.3, -0.25) is 9.48 Å². The molecule has 3 aliphatic carbocycles. The molecule has 3 fully saturated rings. The molecular formula is C36H45N3O5. The molecule has 0 atom stereocenters. The number of benzene rings is 2. The Morgan fingerprint density at radius 3 is 2.36 bits per heavy atom. The van der Waals surface area contributed by atoms with Gasteiger partial charge >= 0.3 is 6.16 Å². The first kappa shape index (κ1) is 30.2. The van der Waals surface area contributed by atoms with Crippen molar-refractivity contribution >= 4 is 17.7 Å². The van der Waals surface area contributed by atoms with Crippen molar-refractivity contribution in [3.8, 4) is 16.9 Å². The fraction of sp³-hybridized carbons (Fsp3) is 0.528. The van der Waals surface area contributed by atoms with Gasteiger partial charge in [0.15, 0.2) is 0 Å². The summed E-state index contributed by atoms with van der Waals surface area (Å²) in [6.45, 7) is 3.04. The predicted molar refractivity (Wildman–Crippen MR) is 170 cm³/mol. The third kappa shape index (κ3) is 7.11. The number of aromatic nitrogens is 2. The topological polar surface area (TPSA) is 93.9 Å². The Hall–Kier alpha value is -3.81. The summed E-state index contributed by atoms with van der Waals surface area (Å²) >= 11 is 0. The smallest absolute Gasteiger partial charge is 0.496 e. The van der Waals surface area contributed by atoms with E-state index < -0.39 is 6.16 Å². The van der Waals surface area contributed by atoms with E-state index >= 15 is 0 Å². The van der Waals surface area contributed by atoms with E-state index in [9.17, 15) is 9.59 Å². The molecule has 6 rings (SSSR count). The Morgan fingerprint density at radius 1 is 0.932 bits per heavy atom. The minimum Gasteiger partial charge on any atom is -0.496 e. The molecule has 234 valence electrons. The first-order valence-electron chi connectivity index (χ1n) is 16.3. The van der Waals surface area contributed by atoms with E-state index in [1.165, 1.54) is 24.0 Å². The van der Waals surface area contributed by atoms with Crippen molar-refractivity contribution in [2.75, 3.05) is 25.2 Å². The lowest BCUT2D eigenvalue weighted by molar-refractivity contribution is -0.124. The zero-order valence-corrected chi connectivity index (χ0v) is 26.0. The molecule has 3 aromatic rings. The van der Waals surface area contributed by atoms with E-state index in [1.807, 2.05) is 6.20 Å². The first-order valence-corrected chi connectivity index (χ1v) is 16.3. The highest BCUT2D eigenvalue weighted by molar-refractivity contribution is 5.95. The van der Waals surface area contributed by atoms with Crippen molar-refractivity contribution in [1.82, 2.24) is 9.78 Å². The number of methoxy groups -OCH3 is 1. The van der Waals surface area contributed by atoms with Crippen LogP contribution in [0.5, 0.6) is 5.75 Å². The number of hydrogen-bond acceptors (Lipinski definition) is 5. The van der Waals surface area contributed by atoms with Crippen molar-refractivity contribution in [1.29, 1.82) is 0 Å². The summed E-state index contributed by atoms with van der Waals surface area (Å²) in [6, 6.07) is 15.5. The molecule has 44 heavy (non-hydrogen) atoms. The molecule has 8 heteroatoms. The lowest BCUT2D eigenvalue weighted by Gasteiger charge is -2.36.